The Balaban J connectivity index is 1.67. The number of aromatic nitrogens is 2. The average Bonchev–Trinajstić information content (AvgIpc) is 3.21. The van der Waals surface area contributed by atoms with E-state index in [1.165, 1.54) is 11.3 Å². The van der Waals surface area contributed by atoms with Crippen LogP contribution < -0.4 is 10.1 Å². The number of hydrogen-bond acceptors (Lipinski definition) is 7. The van der Waals surface area contributed by atoms with Crippen LogP contribution in [0.1, 0.15) is 15.2 Å². The number of nitrogens with one attached hydrogen (secondary N) is 1. The lowest BCUT2D eigenvalue weighted by atomic mass is 10.2. The van der Waals surface area contributed by atoms with Gasteiger partial charge in [0.1, 0.15) is 5.75 Å². The van der Waals surface area contributed by atoms with E-state index in [1.54, 1.807) is 48.9 Å². The van der Waals surface area contributed by atoms with Gasteiger partial charge in [-0.3, -0.25) is 10.1 Å². The fraction of sp³-hybridized carbons (Fsp3) is 0.0667. The van der Waals surface area contributed by atoms with Gasteiger partial charge >= 0.3 is 0 Å². The van der Waals surface area contributed by atoms with Gasteiger partial charge in [-0.1, -0.05) is 17.4 Å². The van der Waals surface area contributed by atoms with Crippen LogP contribution in [0.25, 0.3) is 0 Å². The first kappa shape index (κ1) is 16.7. The predicted molar refractivity (Wildman–Crippen MR) is 100 cm³/mol. The minimum absolute atomic E-state index is 0.275. The molecule has 1 N–H and O–H groups in total. The molecular weight excluding hydrogens is 412 g/mol. The molecule has 2 heterocycles. The van der Waals surface area contributed by atoms with Crippen LogP contribution in [0.2, 0.25) is 0 Å². The summed E-state index contributed by atoms with van der Waals surface area (Å²) in [4.78, 5) is 17.5. The molecule has 9 heteroatoms. The number of aliphatic imine (C=N–C) groups is 1. The summed E-state index contributed by atoms with van der Waals surface area (Å²) < 4.78 is 6.14. The SMILES string of the molecule is COc1cccc(C(=O)Nc2nnc(N=Cc3ccc(Br)s3)s2)c1. The van der Waals surface area contributed by atoms with Crippen molar-refractivity contribution in [1.82, 2.24) is 10.2 Å². The van der Waals surface area contributed by atoms with Crippen molar-refractivity contribution < 1.29 is 9.53 Å². The van der Waals surface area contributed by atoms with E-state index in [0.29, 0.717) is 21.6 Å². The van der Waals surface area contributed by atoms with Gasteiger partial charge in [0.05, 0.1) is 10.9 Å². The molecule has 0 fully saturated rings. The second kappa shape index (κ2) is 7.65. The van der Waals surface area contributed by atoms with Crippen molar-refractivity contribution >= 4 is 61.0 Å². The maximum Gasteiger partial charge on any atom is 0.257 e. The van der Waals surface area contributed by atoms with E-state index in [0.717, 1.165) is 8.66 Å². The molecule has 1 aromatic carbocycles. The van der Waals surface area contributed by atoms with Gasteiger partial charge in [-0.05, 0) is 46.3 Å². The third-order valence-electron chi connectivity index (χ3n) is 2.86. The van der Waals surface area contributed by atoms with Crippen LogP contribution in [0.15, 0.2) is 45.2 Å². The Hall–Kier alpha value is -2.10. The van der Waals surface area contributed by atoms with Crippen LogP contribution >= 0.6 is 38.6 Å². The molecule has 3 aromatic rings. The molecule has 2 aromatic heterocycles. The highest BCUT2D eigenvalue weighted by molar-refractivity contribution is 9.11. The average molecular weight is 423 g/mol. The second-order valence-corrected chi connectivity index (χ2v) is 7.93. The lowest BCUT2D eigenvalue weighted by Gasteiger charge is -2.03. The van der Waals surface area contributed by atoms with E-state index in [1.807, 2.05) is 12.1 Å². The largest absolute Gasteiger partial charge is 0.497 e. The first-order chi connectivity index (χ1) is 11.6. The molecule has 0 bridgehead atoms. The fourth-order valence-corrected chi connectivity index (χ4v) is 3.65. The molecule has 0 radical (unpaired) electrons. The van der Waals surface area contributed by atoms with E-state index in [2.05, 4.69) is 36.4 Å². The number of anilines is 1. The van der Waals surface area contributed by atoms with Gasteiger partial charge < -0.3 is 4.74 Å². The summed E-state index contributed by atoms with van der Waals surface area (Å²) >= 11 is 6.17. The summed E-state index contributed by atoms with van der Waals surface area (Å²) in [5.74, 6) is 0.343. The number of nitrogens with zero attached hydrogens (tertiary/aromatic N) is 3. The van der Waals surface area contributed by atoms with Gasteiger partial charge in [0, 0.05) is 16.7 Å². The standard InChI is InChI=1S/C15H11BrN4O2S2/c1-22-10-4-2-3-9(7-10)13(21)18-15-20-19-14(24-15)17-8-11-5-6-12(16)23-11/h2-8H,1H3,(H,18,20,21). The van der Waals surface area contributed by atoms with Crippen molar-refractivity contribution in [3.05, 3.63) is 50.6 Å². The Morgan fingerprint density at radius 3 is 2.92 bits per heavy atom. The van der Waals surface area contributed by atoms with Crippen molar-refractivity contribution in [2.45, 2.75) is 0 Å². The third kappa shape index (κ3) is 4.25. The van der Waals surface area contributed by atoms with Crippen LogP contribution in [0.3, 0.4) is 0 Å². The molecule has 6 nitrogen and oxygen atoms in total. The second-order valence-electron chi connectivity index (χ2n) is 4.48. The quantitative estimate of drug-likeness (QED) is 0.619. The van der Waals surface area contributed by atoms with Gasteiger partial charge in [0.25, 0.3) is 5.91 Å². The molecule has 3 rings (SSSR count). The highest BCUT2D eigenvalue weighted by Gasteiger charge is 2.10. The number of ether oxygens (including phenoxy) is 1. The molecule has 122 valence electrons. The molecule has 24 heavy (non-hydrogen) atoms. The van der Waals surface area contributed by atoms with Crippen LogP contribution in [-0.4, -0.2) is 29.4 Å². The molecule has 0 unspecified atom stereocenters. The van der Waals surface area contributed by atoms with Crippen molar-refractivity contribution in [3.8, 4) is 5.75 Å². The number of hydrogen-bond donors (Lipinski definition) is 1. The molecule has 0 aliphatic carbocycles. The summed E-state index contributed by atoms with van der Waals surface area (Å²) in [7, 11) is 1.55. The van der Waals surface area contributed by atoms with Crippen LogP contribution in [0.5, 0.6) is 5.75 Å². The lowest BCUT2D eigenvalue weighted by Crippen LogP contribution is -2.11. The van der Waals surface area contributed by atoms with Gasteiger partial charge in [-0.25, -0.2) is 4.99 Å². The Labute approximate surface area is 154 Å². The topological polar surface area (TPSA) is 76.5 Å². The first-order valence-corrected chi connectivity index (χ1v) is 9.15. The Kier molecular flexibility index (Phi) is 5.34. The smallest absolute Gasteiger partial charge is 0.257 e. The van der Waals surface area contributed by atoms with E-state index < -0.39 is 0 Å². The molecule has 0 saturated heterocycles. The Morgan fingerprint density at radius 1 is 1.29 bits per heavy atom. The van der Waals surface area contributed by atoms with Gasteiger partial charge in [-0.2, -0.15) is 0 Å². The number of benzene rings is 1. The van der Waals surface area contributed by atoms with Crippen LogP contribution in [0, 0.1) is 0 Å². The molecule has 0 saturated carbocycles. The highest BCUT2D eigenvalue weighted by Crippen LogP contribution is 2.25. The number of halogens is 1. The lowest BCUT2D eigenvalue weighted by molar-refractivity contribution is 0.102. The number of carbonyl (C=O) groups excluding carboxylic acids is 1. The number of amides is 1. The maximum atomic E-state index is 12.2. The van der Waals surface area contributed by atoms with Gasteiger partial charge in [-0.15, -0.1) is 21.5 Å². The summed E-state index contributed by atoms with van der Waals surface area (Å²) in [5, 5.41) is 11.4. The van der Waals surface area contributed by atoms with Crippen molar-refractivity contribution in [1.29, 1.82) is 0 Å². The predicted octanol–water partition coefficient (Wildman–Crippen LogP) is 4.37. The van der Waals surface area contributed by atoms with Gasteiger partial charge in [0.2, 0.25) is 10.3 Å². The zero-order valence-corrected chi connectivity index (χ0v) is 15.6. The first-order valence-electron chi connectivity index (χ1n) is 6.72. The van der Waals surface area contributed by atoms with E-state index in [9.17, 15) is 4.79 Å². The van der Waals surface area contributed by atoms with Crippen molar-refractivity contribution in [2.75, 3.05) is 12.4 Å². The summed E-state index contributed by atoms with van der Waals surface area (Å²) in [5.41, 5.74) is 0.484. The number of methoxy groups -OCH3 is 1. The Morgan fingerprint density at radius 2 is 2.17 bits per heavy atom. The molecule has 0 spiro atoms. The highest BCUT2D eigenvalue weighted by atomic mass is 79.9. The molecular formula is C15H11BrN4O2S2. The Bertz CT molecular complexity index is 891. The zero-order valence-electron chi connectivity index (χ0n) is 12.4. The summed E-state index contributed by atoms with van der Waals surface area (Å²) in [6.07, 6.45) is 1.71. The number of carbonyl (C=O) groups is 1. The zero-order chi connectivity index (χ0) is 16.9. The fourth-order valence-electron chi connectivity index (χ4n) is 1.77. The van der Waals surface area contributed by atoms with E-state index in [-0.39, 0.29) is 5.91 Å². The minimum Gasteiger partial charge on any atom is -0.497 e. The molecule has 0 aliphatic heterocycles. The van der Waals surface area contributed by atoms with Gasteiger partial charge in [0.15, 0.2) is 0 Å². The molecule has 0 aliphatic rings. The third-order valence-corrected chi connectivity index (χ3v) is 5.17. The number of rotatable bonds is 5. The van der Waals surface area contributed by atoms with Crippen LogP contribution in [0.4, 0.5) is 10.3 Å². The van der Waals surface area contributed by atoms with Crippen LogP contribution in [-0.2, 0) is 0 Å². The molecule has 0 atom stereocenters. The maximum absolute atomic E-state index is 12.2. The number of thiophene rings is 1. The van der Waals surface area contributed by atoms with E-state index >= 15 is 0 Å². The normalized spacial score (nSPS) is 10.9. The van der Waals surface area contributed by atoms with Crippen molar-refractivity contribution in [3.63, 3.8) is 0 Å². The minimum atomic E-state index is -0.275. The summed E-state index contributed by atoms with van der Waals surface area (Å²) in [6, 6.07) is 10.8. The molecule has 1 amide bonds. The monoisotopic (exact) mass is 422 g/mol. The van der Waals surface area contributed by atoms with Crippen molar-refractivity contribution in [2.24, 2.45) is 4.99 Å². The summed E-state index contributed by atoms with van der Waals surface area (Å²) in [6.45, 7) is 0. The van der Waals surface area contributed by atoms with E-state index in [4.69, 9.17) is 4.74 Å².